The maximum Gasteiger partial charge on any atom is 0.280 e. The second-order valence-corrected chi connectivity index (χ2v) is 11.6. The molecule has 244 valence electrons. The number of aldehydes is 1. The van der Waals surface area contributed by atoms with Gasteiger partial charge < -0.3 is 39.9 Å². The van der Waals surface area contributed by atoms with E-state index in [1.165, 1.54) is 13.2 Å². The molecular formula is C32H36FN5O8. The van der Waals surface area contributed by atoms with E-state index in [0.29, 0.717) is 75.8 Å². The average Bonchev–Trinajstić information content (AvgIpc) is 3.39. The van der Waals surface area contributed by atoms with Gasteiger partial charge in [0.05, 0.1) is 42.6 Å². The lowest BCUT2D eigenvalue weighted by Gasteiger charge is -2.32. The third-order valence-corrected chi connectivity index (χ3v) is 8.76. The molecule has 3 heterocycles. The van der Waals surface area contributed by atoms with Crippen molar-refractivity contribution in [1.29, 1.82) is 0 Å². The highest BCUT2D eigenvalue weighted by atomic mass is 19.1. The van der Waals surface area contributed by atoms with Gasteiger partial charge in [0.25, 0.3) is 11.5 Å². The van der Waals surface area contributed by atoms with Gasteiger partial charge in [-0.2, -0.15) is 0 Å². The highest BCUT2D eigenvalue weighted by Crippen LogP contribution is 2.45. The van der Waals surface area contributed by atoms with E-state index in [-0.39, 0.29) is 25.3 Å². The van der Waals surface area contributed by atoms with Crippen molar-refractivity contribution in [1.82, 2.24) is 25.5 Å². The van der Waals surface area contributed by atoms with E-state index in [9.17, 15) is 29.1 Å². The monoisotopic (exact) mass is 637 g/mol. The van der Waals surface area contributed by atoms with Gasteiger partial charge in [0.15, 0.2) is 0 Å². The molecule has 1 aliphatic heterocycles. The largest absolute Gasteiger partial charge is 0.380 e. The lowest BCUT2D eigenvalue weighted by atomic mass is 9.81. The number of pyridine rings is 2. The summed E-state index contributed by atoms with van der Waals surface area (Å²) in [5.74, 6) is -4.79. The zero-order valence-electron chi connectivity index (χ0n) is 26.0. The van der Waals surface area contributed by atoms with E-state index in [1.807, 2.05) is 6.92 Å². The van der Waals surface area contributed by atoms with Gasteiger partial charge in [0.1, 0.15) is 18.8 Å². The van der Waals surface area contributed by atoms with Crippen molar-refractivity contribution in [3.05, 3.63) is 61.7 Å². The number of halogens is 1. The molecule has 0 bridgehead atoms. The number of amides is 3. The number of ether oxygens (including phenoxy) is 2. The topological polar surface area (TPSA) is 178 Å². The van der Waals surface area contributed by atoms with Crippen molar-refractivity contribution in [3.63, 3.8) is 0 Å². The van der Waals surface area contributed by atoms with Gasteiger partial charge in [0, 0.05) is 35.6 Å². The van der Waals surface area contributed by atoms with E-state index >= 15 is 4.39 Å². The Hall–Kier alpha value is -4.53. The maximum atomic E-state index is 15.2. The Labute approximate surface area is 263 Å². The molecule has 2 aliphatic rings. The number of carbonyl (C=O) groups excluding carboxylic acids is 4. The molecule has 0 spiro atoms. The number of nitrogens with zero attached hydrogens (tertiary/aromatic N) is 2. The number of aryl methyl sites for hydroxylation is 1. The molecule has 0 saturated heterocycles. The molecule has 1 aliphatic carbocycles. The fourth-order valence-electron chi connectivity index (χ4n) is 6.33. The summed E-state index contributed by atoms with van der Waals surface area (Å²) >= 11 is 0. The van der Waals surface area contributed by atoms with Crippen molar-refractivity contribution in [3.8, 4) is 11.4 Å². The molecule has 14 heteroatoms. The molecule has 3 unspecified atom stereocenters. The summed E-state index contributed by atoms with van der Waals surface area (Å²) in [6.45, 7) is 3.98. The van der Waals surface area contributed by atoms with Gasteiger partial charge in [-0.15, -0.1) is 0 Å². The van der Waals surface area contributed by atoms with Crippen molar-refractivity contribution in [2.75, 3.05) is 20.4 Å². The van der Waals surface area contributed by atoms with Crippen molar-refractivity contribution < 1.29 is 38.1 Å². The van der Waals surface area contributed by atoms with Crippen LogP contribution in [-0.4, -0.2) is 65.3 Å². The van der Waals surface area contributed by atoms with Gasteiger partial charge in [-0.05, 0) is 61.4 Å². The van der Waals surface area contributed by atoms with Crippen LogP contribution < -0.4 is 21.5 Å². The Morgan fingerprint density at radius 2 is 2.04 bits per heavy atom. The van der Waals surface area contributed by atoms with Crippen LogP contribution in [0.5, 0.6) is 0 Å². The summed E-state index contributed by atoms with van der Waals surface area (Å²) in [6.07, 6.45) is 2.39. The number of aromatic nitrogens is 2. The Balaban J connectivity index is 1.58. The van der Waals surface area contributed by atoms with E-state index in [0.717, 1.165) is 18.8 Å². The van der Waals surface area contributed by atoms with Crippen LogP contribution in [0.1, 0.15) is 72.0 Å². The molecule has 3 aromatic rings. The number of benzene rings is 1. The predicted octanol–water partition coefficient (Wildman–Crippen LogP) is 1.36. The molecule has 13 nitrogen and oxygen atoms in total. The summed E-state index contributed by atoms with van der Waals surface area (Å²) in [6, 6.07) is 2.44. The van der Waals surface area contributed by atoms with Crippen LogP contribution in [0.2, 0.25) is 0 Å². The number of carbonyl (C=O) groups is 4. The van der Waals surface area contributed by atoms with Crippen LogP contribution in [0.15, 0.2) is 16.9 Å². The second kappa shape index (κ2) is 13.1. The van der Waals surface area contributed by atoms with E-state index in [2.05, 4.69) is 16.0 Å². The predicted molar refractivity (Wildman–Crippen MR) is 163 cm³/mol. The summed E-state index contributed by atoms with van der Waals surface area (Å²) in [5.41, 5.74) is 4.38. The second-order valence-electron chi connectivity index (χ2n) is 11.6. The Kier molecular flexibility index (Phi) is 9.33. The normalized spacial score (nSPS) is 16.6. The Bertz CT molecular complexity index is 1800. The SMILES string of the molecule is CCC(C=O)c1cc2n(c(=O)c1COC)Cc1c-2nc2cc(F)c(C)c3c2c1C(NC(=O)C(C)(O)OCNC(=O)CNC=O)CC3. The Morgan fingerprint density at radius 1 is 1.28 bits per heavy atom. The molecule has 1 aromatic carbocycles. The summed E-state index contributed by atoms with van der Waals surface area (Å²) in [4.78, 5) is 66.2. The van der Waals surface area contributed by atoms with Gasteiger partial charge in [-0.3, -0.25) is 19.2 Å². The third-order valence-electron chi connectivity index (χ3n) is 8.76. The average molecular weight is 638 g/mol. The van der Waals surface area contributed by atoms with Crippen LogP contribution in [0.4, 0.5) is 4.39 Å². The van der Waals surface area contributed by atoms with Crippen LogP contribution in [0.25, 0.3) is 22.3 Å². The molecular weight excluding hydrogens is 601 g/mol. The first kappa shape index (κ1) is 32.9. The quantitative estimate of drug-likeness (QED) is 0.124. The van der Waals surface area contributed by atoms with Crippen LogP contribution in [0, 0.1) is 12.7 Å². The highest BCUT2D eigenvalue weighted by Gasteiger charge is 2.38. The first-order chi connectivity index (χ1) is 22.0. The van der Waals surface area contributed by atoms with Crippen molar-refractivity contribution in [2.24, 2.45) is 0 Å². The Morgan fingerprint density at radius 3 is 2.72 bits per heavy atom. The number of rotatable bonds is 13. The van der Waals surface area contributed by atoms with Gasteiger partial charge in [-0.1, -0.05) is 6.92 Å². The maximum absolute atomic E-state index is 15.2. The van der Waals surface area contributed by atoms with Crippen molar-refractivity contribution >= 4 is 35.4 Å². The van der Waals surface area contributed by atoms with Gasteiger partial charge in [-0.25, -0.2) is 9.37 Å². The molecule has 5 rings (SSSR count). The highest BCUT2D eigenvalue weighted by molar-refractivity contribution is 5.94. The number of methoxy groups -OCH3 is 1. The van der Waals surface area contributed by atoms with Crippen LogP contribution >= 0.6 is 0 Å². The zero-order chi connectivity index (χ0) is 33.3. The van der Waals surface area contributed by atoms with Crippen molar-refractivity contribution in [2.45, 2.75) is 70.9 Å². The molecule has 0 fully saturated rings. The number of nitrogens with one attached hydrogen (secondary N) is 3. The number of fused-ring (bicyclic) bond motifs is 4. The third kappa shape index (κ3) is 5.79. The lowest BCUT2D eigenvalue weighted by molar-refractivity contribution is -0.202. The molecule has 3 atom stereocenters. The molecule has 4 N–H and O–H groups in total. The van der Waals surface area contributed by atoms with E-state index < -0.39 is 42.1 Å². The lowest BCUT2D eigenvalue weighted by Crippen LogP contribution is -2.50. The number of hydrogen-bond acceptors (Lipinski definition) is 9. The number of hydrogen-bond donors (Lipinski definition) is 4. The molecule has 0 saturated carbocycles. The molecule has 0 radical (unpaired) electrons. The first-order valence-corrected chi connectivity index (χ1v) is 14.9. The summed E-state index contributed by atoms with van der Waals surface area (Å²) in [5, 5.41) is 18.9. The smallest absolute Gasteiger partial charge is 0.280 e. The number of aliphatic hydroxyl groups is 1. The molecule has 3 amide bonds. The standard InChI is InChI=1S/C32H36FN5O8/c1-5-17(12-39)19-8-25-29-20(11-38(25)30(42)21(19)13-45-4)28-23(7-6-18-16(2)22(33)9-24(36-29)27(18)28)37-31(43)32(3,44)46-15-35-26(41)10-34-14-40/h8-9,12,14,17,23,44H,5-7,10-11,13,15H2,1-4H3,(H,34,40)(H,35,41)(H,37,43). The zero-order valence-corrected chi connectivity index (χ0v) is 26.0. The van der Waals surface area contributed by atoms with Gasteiger partial charge in [0.2, 0.25) is 18.1 Å². The minimum absolute atomic E-state index is 0.00770. The van der Waals surface area contributed by atoms with Crippen LogP contribution in [-0.2, 0) is 48.2 Å². The van der Waals surface area contributed by atoms with Crippen LogP contribution in [0.3, 0.4) is 0 Å². The molecule has 2 aromatic heterocycles. The summed E-state index contributed by atoms with van der Waals surface area (Å²) < 4.78 is 27.3. The van der Waals surface area contributed by atoms with E-state index in [4.69, 9.17) is 14.5 Å². The minimum atomic E-state index is -2.35. The van der Waals surface area contributed by atoms with E-state index in [1.54, 1.807) is 17.6 Å². The minimum Gasteiger partial charge on any atom is -0.380 e. The molecule has 46 heavy (non-hydrogen) atoms. The first-order valence-electron chi connectivity index (χ1n) is 14.9. The van der Waals surface area contributed by atoms with Gasteiger partial charge >= 0.3 is 0 Å². The fourth-order valence-corrected chi connectivity index (χ4v) is 6.33. The fraction of sp³-hybridized carbons (Fsp3) is 0.438. The summed E-state index contributed by atoms with van der Waals surface area (Å²) in [7, 11) is 1.47.